The van der Waals surface area contributed by atoms with Crippen LogP contribution in [0.4, 0.5) is 5.69 Å². The molecular formula is C27H21ClN4O3. The summed E-state index contributed by atoms with van der Waals surface area (Å²) in [4.78, 5) is 12.8. The van der Waals surface area contributed by atoms with Gasteiger partial charge in [-0.1, -0.05) is 29.8 Å². The van der Waals surface area contributed by atoms with Crippen molar-refractivity contribution in [2.45, 2.75) is 0 Å². The molecule has 1 amide bonds. The van der Waals surface area contributed by atoms with Crippen LogP contribution in [0.1, 0.15) is 5.56 Å². The number of halogens is 1. The van der Waals surface area contributed by atoms with E-state index < -0.39 is 5.91 Å². The monoisotopic (exact) mass is 484 g/mol. The van der Waals surface area contributed by atoms with Crippen molar-refractivity contribution < 1.29 is 14.3 Å². The highest BCUT2D eigenvalue weighted by Crippen LogP contribution is 2.34. The third kappa shape index (κ3) is 5.35. The van der Waals surface area contributed by atoms with Gasteiger partial charge in [0.15, 0.2) is 11.5 Å². The summed E-state index contributed by atoms with van der Waals surface area (Å²) >= 11 is 5.91. The third-order valence-electron chi connectivity index (χ3n) is 5.19. The molecule has 7 nitrogen and oxygen atoms in total. The number of carbonyl (C=O) groups is 1. The standard InChI is InChI=1S/C27H21ClN4O3/c1-34-24-13-8-18(15-25(24)35-2)26-20(17-32(31-26)23-6-4-3-5-7-23)14-19(16-29)27(33)30-22-11-9-21(28)10-12-22/h3-15,17H,1-2H3,(H,30,33). The number of benzene rings is 3. The minimum Gasteiger partial charge on any atom is -0.493 e. The van der Waals surface area contributed by atoms with Gasteiger partial charge in [-0.05, 0) is 60.7 Å². The van der Waals surface area contributed by atoms with Gasteiger partial charge in [-0.15, -0.1) is 0 Å². The SMILES string of the molecule is COc1ccc(-c2nn(-c3ccccc3)cc2C=C(C#N)C(=O)Nc2ccc(Cl)cc2)cc1OC. The molecule has 35 heavy (non-hydrogen) atoms. The summed E-state index contributed by atoms with van der Waals surface area (Å²) in [5, 5.41) is 17.8. The van der Waals surface area contributed by atoms with Gasteiger partial charge in [-0.25, -0.2) is 4.68 Å². The number of anilines is 1. The van der Waals surface area contributed by atoms with Crippen molar-refractivity contribution in [2.24, 2.45) is 0 Å². The molecule has 0 saturated carbocycles. The van der Waals surface area contributed by atoms with Gasteiger partial charge < -0.3 is 14.8 Å². The second kappa shape index (κ2) is 10.6. The van der Waals surface area contributed by atoms with Crippen molar-refractivity contribution in [3.05, 3.63) is 95.2 Å². The van der Waals surface area contributed by atoms with Crippen LogP contribution in [-0.2, 0) is 4.79 Å². The van der Waals surface area contributed by atoms with Crippen LogP contribution >= 0.6 is 11.6 Å². The van der Waals surface area contributed by atoms with Crippen LogP contribution in [0.5, 0.6) is 11.5 Å². The van der Waals surface area contributed by atoms with E-state index in [1.165, 1.54) is 6.08 Å². The summed E-state index contributed by atoms with van der Waals surface area (Å²) in [6.45, 7) is 0. The van der Waals surface area contributed by atoms with Crippen molar-refractivity contribution in [1.82, 2.24) is 9.78 Å². The van der Waals surface area contributed by atoms with Gasteiger partial charge in [-0.2, -0.15) is 10.4 Å². The molecule has 1 aromatic heterocycles. The van der Waals surface area contributed by atoms with Gasteiger partial charge in [-0.3, -0.25) is 4.79 Å². The fraction of sp³-hybridized carbons (Fsp3) is 0.0741. The topological polar surface area (TPSA) is 89.2 Å². The Balaban J connectivity index is 1.78. The molecule has 174 valence electrons. The van der Waals surface area contributed by atoms with Crippen molar-refractivity contribution in [2.75, 3.05) is 19.5 Å². The molecule has 4 aromatic rings. The lowest BCUT2D eigenvalue weighted by Crippen LogP contribution is -2.13. The van der Waals surface area contributed by atoms with E-state index in [0.717, 1.165) is 11.3 Å². The Morgan fingerprint density at radius 2 is 1.74 bits per heavy atom. The summed E-state index contributed by atoms with van der Waals surface area (Å²) in [6.07, 6.45) is 3.29. The Bertz CT molecular complexity index is 1420. The summed E-state index contributed by atoms with van der Waals surface area (Å²) in [5.74, 6) is 0.576. The number of rotatable bonds is 7. The lowest BCUT2D eigenvalue weighted by molar-refractivity contribution is -0.112. The quantitative estimate of drug-likeness (QED) is 0.266. The van der Waals surface area contributed by atoms with E-state index in [-0.39, 0.29) is 5.57 Å². The van der Waals surface area contributed by atoms with E-state index in [9.17, 15) is 10.1 Å². The van der Waals surface area contributed by atoms with Gasteiger partial charge in [0.25, 0.3) is 5.91 Å². The Labute approximate surface area is 207 Å². The number of carbonyl (C=O) groups excluding carboxylic acids is 1. The summed E-state index contributed by atoms with van der Waals surface area (Å²) < 4.78 is 12.5. The zero-order valence-corrected chi connectivity index (χ0v) is 19.8. The highest BCUT2D eigenvalue weighted by Gasteiger charge is 2.17. The normalized spacial score (nSPS) is 11.0. The molecule has 3 aromatic carbocycles. The number of ether oxygens (including phenoxy) is 2. The second-order valence-electron chi connectivity index (χ2n) is 7.41. The van der Waals surface area contributed by atoms with E-state index in [2.05, 4.69) is 5.32 Å². The van der Waals surface area contributed by atoms with Crippen LogP contribution in [0.15, 0.2) is 84.6 Å². The zero-order chi connectivity index (χ0) is 24.8. The molecule has 1 heterocycles. The van der Waals surface area contributed by atoms with Gasteiger partial charge >= 0.3 is 0 Å². The van der Waals surface area contributed by atoms with Crippen LogP contribution in [0.2, 0.25) is 5.02 Å². The molecule has 0 spiro atoms. The minimum absolute atomic E-state index is 0.0747. The number of nitrogens with zero attached hydrogens (tertiary/aromatic N) is 3. The molecule has 0 atom stereocenters. The van der Waals surface area contributed by atoms with E-state index in [1.54, 1.807) is 61.5 Å². The first-order chi connectivity index (χ1) is 17.0. The largest absolute Gasteiger partial charge is 0.493 e. The van der Waals surface area contributed by atoms with E-state index in [1.807, 2.05) is 42.5 Å². The Hall–Kier alpha value is -4.54. The highest BCUT2D eigenvalue weighted by atomic mass is 35.5. The first-order valence-electron chi connectivity index (χ1n) is 10.6. The molecule has 8 heteroatoms. The Morgan fingerprint density at radius 3 is 2.40 bits per heavy atom. The molecular weight excluding hydrogens is 464 g/mol. The van der Waals surface area contributed by atoms with Crippen molar-refractivity contribution in [3.63, 3.8) is 0 Å². The predicted molar refractivity (Wildman–Crippen MR) is 136 cm³/mol. The minimum atomic E-state index is -0.541. The third-order valence-corrected chi connectivity index (χ3v) is 5.44. The zero-order valence-electron chi connectivity index (χ0n) is 19.0. The van der Waals surface area contributed by atoms with Crippen molar-refractivity contribution in [3.8, 4) is 34.5 Å². The van der Waals surface area contributed by atoms with E-state index in [4.69, 9.17) is 26.2 Å². The molecule has 0 radical (unpaired) electrons. The van der Waals surface area contributed by atoms with E-state index in [0.29, 0.717) is 33.5 Å². The number of hydrogen-bond donors (Lipinski definition) is 1. The molecule has 0 fully saturated rings. The maximum atomic E-state index is 12.8. The molecule has 0 unspecified atom stereocenters. The van der Waals surface area contributed by atoms with E-state index >= 15 is 0 Å². The number of methoxy groups -OCH3 is 2. The van der Waals surface area contributed by atoms with Crippen molar-refractivity contribution >= 4 is 29.3 Å². The fourth-order valence-electron chi connectivity index (χ4n) is 3.45. The molecule has 0 aliphatic rings. The molecule has 4 rings (SSSR count). The summed E-state index contributed by atoms with van der Waals surface area (Å²) in [7, 11) is 3.12. The average Bonchev–Trinajstić information content (AvgIpc) is 3.32. The van der Waals surface area contributed by atoms with Crippen molar-refractivity contribution in [1.29, 1.82) is 5.26 Å². The highest BCUT2D eigenvalue weighted by molar-refractivity contribution is 6.30. The first-order valence-corrected chi connectivity index (χ1v) is 11.0. The van der Waals surface area contributed by atoms with Crippen LogP contribution in [-0.4, -0.2) is 29.9 Å². The van der Waals surface area contributed by atoms with Crippen LogP contribution in [0.3, 0.4) is 0 Å². The first kappa shape index (κ1) is 23.6. The number of aromatic nitrogens is 2. The maximum Gasteiger partial charge on any atom is 0.266 e. The number of nitriles is 1. The average molecular weight is 485 g/mol. The van der Waals surface area contributed by atoms with Crippen LogP contribution in [0.25, 0.3) is 23.0 Å². The lowest BCUT2D eigenvalue weighted by Gasteiger charge is -2.09. The number of amides is 1. The Morgan fingerprint density at radius 1 is 1.03 bits per heavy atom. The second-order valence-corrected chi connectivity index (χ2v) is 7.85. The number of nitrogens with one attached hydrogen (secondary N) is 1. The summed E-state index contributed by atoms with van der Waals surface area (Å²) in [5.41, 5.74) is 3.18. The lowest BCUT2D eigenvalue weighted by atomic mass is 10.1. The molecule has 0 aliphatic carbocycles. The molecule has 1 N–H and O–H groups in total. The van der Waals surface area contributed by atoms with Gasteiger partial charge in [0, 0.05) is 28.0 Å². The van der Waals surface area contributed by atoms with Gasteiger partial charge in [0.2, 0.25) is 0 Å². The molecule has 0 bridgehead atoms. The molecule has 0 aliphatic heterocycles. The van der Waals surface area contributed by atoms with Gasteiger partial charge in [0.1, 0.15) is 17.3 Å². The van der Waals surface area contributed by atoms with Crippen LogP contribution < -0.4 is 14.8 Å². The Kier molecular flexibility index (Phi) is 7.15. The fourth-order valence-corrected chi connectivity index (χ4v) is 3.58. The number of hydrogen-bond acceptors (Lipinski definition) is 5. The summed E-state index contributed by atoms with van der Waals surface area (Å²) in [6, 6.07) is 23.6. The smallest absolute Gasteiger partial charge is 0.266 e. The molecule has 0 saturated heterocycles. The maximum absolute atomic E-state index is 12.8. The predicted octanol–water partition coefficient (Wildman–Crippen LogP) is 5.76. The van der Waals surface area contributed by atoms with Gasteiger partial charge in [0.05, 0.1) is 19.9 Å². The number of para-hydroxylation sites is 1. The van der Waals surface area contributed by atoms with Crippen LogP contribution in [0, 0.1) is 11.3 Å².